The van der Waals surface area contributed by atoms with Crippen molar-refractivity contribution >= 4 is 11.7 Å². The predicted molar refractivity (Wildman–Crippen MR) is 109 cm³/mol. The number of urea groups is 1. The zero-order valence-electron chi connectivity index (χ0n) is 16.8. The molecule has 0 saturated heterocycles. The van der Waals surface area contributed by atoms with Crippen molar-refractivity contribution in [3.63, 3.8) is 0 Å². The Morgan fingerprint density at radius 1 is 0.857 bits per heavy atom. The van der Waals surface area contributed by atoms with Gasteiger partial charge >= 0.3 is 6.03 Å². The van der Waals surface area contributed by atoms with Crippen LogP contribution in [0.15, 0.2) is 36.4 Å². The summed E-state index contributed by atoms with van der Waals surface area (Å²) in [6.07, 6.45) is 0.668. The first-order chi connectivity index (χ1) is 13.6. The lowest BCUT2D eigenvalue weighted by molar-refractivity contribution is 0.252. The zero-order chi connectivity index (χ0) is 20.4. The Hall–Kier alpha value is -3.09. The first kappa shape index (κ1) is 21.2. The Morgan fingerprint density at radius 2 is 1.54 bits per heavy atom. The van der Waals surface area contributed by atoms with Crippen LogP contribution in [0.1, 0.15) is 19.4 Å². The van der Waals surface area contributed by atoms with E-state index >= 15 is 0 Å². The quantitative estimate of drug-likeness (QED) is 0.646. The summed E-state index contributed by atoms with van der Waals surface area (Å²) in [4.78, 5) is 12.2. The Bertz CT molecular complexity index is 779. The van der Waals surface area contributed by atoms with Crippen LogP contribution < -0.4 is 29.6 Å². The van der Waals surface area contributed by atoms with Gasteiger partial charge < -0.3 is 29.6 Å². The molecule has 7 nitrogen and oxygen atoms in total. The highest BCUT2D eigenvalue weighted by molar-refractivity contribution is 5.89. The van der Waals surface area contributed by atoms with Gasteiger partial charge in [-0.25, -0.2) is 4.79 Å². The molecule has 2 aromatic carbocycles. The number of nitrogens with one attached hydrogen (secondary N) is 2. The fourth-order valence-electron chi connectivity index (χ4n) is 2.66. The molecule has 0 radical (unpaired) electrons. The van der Waals surface area contributed by atoms with Gasteiger partial charge in [0.15, 0.2) is 23.0 Å². The molecular formula is C21H28N2O5. The van der Waals surface area contributed by atoms with Crippen LogP contribution in [0.2, 0.25) is 0 Å². The molecule has 0 heterocycles. The van der Waals surface area contributed by atoms with Crippen LogP contribution in [0.3, 0.4) is 0 Å². The Balaban J connectivity index is 1.89. The number of hydrogen-bond donors (Lipinski definition) is 2. The Morgan fingerprint density at radius 3 is 2.21 bits per heavy atom. The van der Waals surface area contributed by atoms with Gasteiger partial charge in [0, 0.05) is 18.3 Å². The van der Waals surface area contributed by atoms with Gasteiger partial charge in [-0.1, -0.05) is 6.07 Å². The molecule has 0 fully saturated rings. The second-order valence-electron chi connectivity index (χ2n) is 5.85. The molecule has 2 rings (SSSR count). The first-order valence-electron chi connectivity index (χ1n) is 9.26. The second kappa shape index (κ2) is 10.9. The molecule has 2 amide bonds. The lowest BCUT2D eigenvalue weighted by Gasteiger charge is -2.13. The predicted octanol–water partition coefficient (Wildman–Crippen LogP) is 3.87. The van der Waals surface area contributed by atoms with E-state index in [1.165, 1.54) is 0 Å². The highest BCUT2D eigenvalue weighted by Gasteiger charge is 2.09. The molecule has 152 valence electrons. The van der Waals surface area contributed by atoms with Crippen molar-refractivity contribution in [2.24, 2.45) is 0 Å². The molecule has 0 saturated carbocycles. The topological polar surface area (TPSA) is 78.1 Å². The Labute approximate surface area is 165 Å². The van der Waals surface area contributed by atoms with Crippen molar-refractivity contribution in [2.45, 2.75) is 20.3 Å². The summed E-state index contributed by atoms with van der Waals surface area (Å²) >= 11 is 0. The van der Waals surface area contributed by atoms with Crippen LogP contribution in [0.4, 0.5) is 10.5 Å². The molecule has 2 aromatic rings. The van der Waals surface area contributed by atoms with E-state index < -0.39 is 0 Å². The van der Waals surface area contributed by atoms with Gasteiger partial charge in [0.25, 0.3) is 0 Å². The van der Waals surface area contributed by atoms with Crippen molar-refractivity contribution in [1.82, 2.24) is 5.32 Å². The molecule has 0 unspecified atom stereocenters. The third-order valence-electron chi connectivity index (χ3n) is 3.95. The lowest BCUT2D eigenvalue weighted by atomic mass is 10.1. The number of benzene rings is 2. The van der Waals surface area contributed by atoms with Crippen molar-refractivity contribution < 1.29 is 23.7 Å². The SMILES string of the molecule is CCOc1ccc(NC(=O)NCCc2ccc(OC)c(OC)c2)cc1OCC. The number of ether oxygens (including phenoxy) is 4. The number of methoxy groups -OCH3 is 2. The average molecular weight is 388 g/mol. The lowest BCUT2D eigenvalue weighted by Crippen LogP contribution is -2.30. The zero-order valence-corrected chi connectivity index (χ0v) is 16.8. The maximum absolute atomic E-state index is 12.2. The third kappa shape index (κ3) is 5.97. The van der Waals surface area contributed by atoms with Crippen LogP contribution in [0.5, 0.6) is 23.0 Å². The summed E-state index contributed by atoms with van der Waals surface area (Å²) in [5, 5.41) is 5.65. The van der Waals surface area contributed by atoms with E-state index in [2.05, 4.69) is 10.6 Å². The number of amides is 2. The molecular weight excluding hydrogens is 360 g/mol. The normalized spacial score (nSPS) is 10.1. The average Bonchev–Trinajstić information content (AvgIpc) is 2.70. The molecule has 0 aliphatic heterocycles. The summed E-state index contributed by atoms with van der Waals surface area (Å²) in [6.45, 7) is 5.35. The second-order valence-corrected chi connectivity index (χ2v) is 5.85. The van der Waals surface area contributed by atoms with E-state index in [9.17, 15) is 4.79 Å². The minimum atomic E-state index is -0.285. The van der Waals surface area contributed by atoms with Gasteiger partial charge in [-0.2, -0.15) is 0 Å². The molecule has 2 N–H and O–H groups in total. The summed E-state index contributed by atoms with van der Waals surface area (Å²) in [6, 6.07) is 10.7. The highest BCUT2D eigenvalue weighted by atomic mass is 16.5. The van der Waals surface area contributed by atoms with Crippen LogP contribution in [-0.2, 0) is 6.42 Å². The maximum atomic E-state index is 12.2. The molecule has 0 aliphatic carbocycles. The van der Waals surface area contributed by atoms with Crippen LogP contribution in [0.25, 0.3) is 0 Å². The monoisotopic (exact) mass is 388 g/mol. The van der Waals surface area contributed by atoms with Crippen LogP contribution in [-0.4, -0.2) is 40.0 Å². The largest absolute Gasteiger partial charge is 0.493 e. The maximum Gasteiger partial charge on any atom is 0.319 e. The summed E-state index contributed by atoms with van der Waals surface area (Å²) < 4.78 is 21.6. The van der Waals surface area contributed by atoms with Gasteiger partial charge in [0.1, 0.15) is 0 Å². The molecule has 28 heavy (non-hydrogen) atoms. The van der Waals surface area contributed by atoms with E-state index in [-0.39, 0.29) is 6.03 Å². The van der Waals surface area contributed by atoms with Gasteiger partial charge in [-0.15, -0.1) is 0 Å². The minimum Gasteiger partial charge on any atom is -0.493 e. The Kier molecular flexibility index (Phi) is 8.27. The fraction of sp³-hybridized carbons (Fsp3) is 0.381. The van der Waals surface area contributed by atoms with Crippen molar-refractivity contribution in [3.8, 4) is 23.0 Å². The highest BCUT2D eigenvalue weighted by Crippen LogP contribution is 2.30. The molecule has 0 atom stereocenters. The van der Waals surface area contributed by atoms with Crippen LogP contribution in [0, 0.1) is 0 Å². The van der Waals surface area contributed by atoms with Gasteiger partial charge in [-0.3, -0.25) is 0 Å². The fourth-order valence-corrected chi connectivity index (χ4v) is 2.66. The standard InChI is InChI=1S/C21H28N2O5/c1-5-27-18-10-8-16(14-20(18)28-6-2)23-21(24)22-12-11-15-7-9-17(25-3)19(13-15)26-4/h7-10,13-14H,5-6,11-12H2,1-4H3,(H2,22,23,24). The molecule has 7 heteroatoms. The first-order valence-corrected chi connectivity index (χ1v) is 9.26. The van der Waals surface area contributed by atoms with Gasteiger partial charge in [0.05, 0.1) is 27.4 Å². The number of carbonyl (C=O) groups excluding carboxylic acids is 1. The van der Waals surface area contributed by atoms with Crippen molar-refractivity contribution in [3.05, 3.63) is 42.0 Å². The third-order valence-corrected chi connectivity index (χ3v) is 3.95. The van der Waals surface area contributed by atoms with E-state index in [1.807, 2.05) is 32.0 Å². The molecule has 0 bridgehead atoms. The number of anilines is 1. The number of hydrogen-bond acceptors (Lipinski definition) is 5. The van der Waals surface area contributed by atoms with Crippen molar-refractivity contribution in [2.75, 3.05) is 39.3 Å². The van der Waals surface area contributed by atoms with Crippen molar-refractivity contribution in [1.29, 1.82) is 0 Å². The minimum absolute atomic E-state index is 0.285. The molecule has 0 aromatic heterocycles. The van der Waals surface area contributed by atoms with E-state index in [4.69, 9.17) is 18.9 Å². The number of rotatable bonds is 10. The molecule has 0 spiro atoms. The van der Waals surface area contributed by atoms with Gasteiger partial charge in [0.2, 0.25) is 0 Å². The summed E-state index contributed by atoms with van der Waals surface area (Å²) in [7, 11) is 3.20. The van der Waals surface area contributed by atoms with Gasteiger partial charge in [-0.05, 0) is 50.1 Å². The molecule has 0 aliphatic rings. The van der Waals surface area contributed by atoms with E-state index in [1.54, 1.807) is 32.4 Å². The smallest absolute Gasteiger partial charge is 0.319 e. The summed E-state index contributed by atoms with van der Waals surface area (Å²) in [5.41, 5.74) is 1.67. The van der Waals surface area contributed by atoms with E-state index in [0.717, 1.165) is 5.56 Å². The van der Waals surface area contributed by atoms with Crippen LogP contribution >= 0.6 is 0 Å². The summed E-state index contributed by atoms with van der Waals surface area (Å²) in [5.74, 6) is 2.61. The number of carbonyl (C=O) groups is 1. The van der Waals surface area contributed by atoms with E-state index in [0.29, 0.717) is 54.9 Å².